The highest BCUT2D eigenvalue weighted by Gasteiger charge is 2.29. The van der Waals surface area contributed by atoms with E-state index in [4.69, 9.17) is 15.4 Å². The Hall–Kier alpha value is -3.05. The fourth-order valence-electron chi connectivity index (χ4n) is 4.13. The van der Waals surface area contributed by atoms with Crippen LogP contribution in [-0.4, -0.2) is 47.7 Å². The van der Waals surface area contributed by atoms with Crippen LogP contribution in [0, 0.1) is 12.3 Å². The molecule has 5 rings (SSSR count). The van der Waals surface area contributed by atoms with Crippen molar-refractivity contribution in [3.8, 4) is 0 Å². The number of benzene rings is 1. The second-order valence-corrected chi connectivity index (χ2v) is 9.22. The van der Waals surface area contributed by atoms with E-state index in [1.54, 1.807) is 0 Å². The average Bonchev–Trinajstić information content (AvgIpc) is 3.74. The molecule has 0 bridgehead atoms. The molecule has 0 aromatic heterocycles. The Kier molecular flexibility index (Phi) is 7.73. The Morgan fingerprint density at radius 1 is 1.06 bits per heavy atom. The van der Waals surface area contributed by atoms with Crippen molar-refractivity contribution in [1.82, 2.24) is 9.80 Å². The SMILES string of the molecule is CCCC.CCN1CC=C(C2=CN3C(=NC(c4ccc(C)c(C=N)c4)=CC3=C3CC3)C=N2)CC1. The monoisotopic (exact) mass is 455 g/mol. The zero-order chi connectivity index (χ0) is 24.1. The molecule has 0 spiro atoms. The molecular formula is C29H37N5. The summed E-state index contributed by atoms with van der Waals surface area (Å²) in [5.74, 6) is 0.870. The molecule has 0 atom stereocenters. The fourth-order valence-corrected chi connectivity index (χ4v) is 4.13. The van der Waals surface area contributed by atoms with Gasteiger partial charge in [-0.1, -0.05) is 51.8 Å². The number of aliphatic imine (C=N–C) groups is 2. The van der Waals surface area contributed by atoms with Crippen LogP contribution < -0.4 is 0 Å². The minimum atomic E-state index is 0.870. The molecule has 34 heavy (non-hydrogen) atoms. The van der Waals surface area contributed by atoms with Crippen molar-refractivity contribution < 1.29 is 0 Å². The van der Waals surface area contributed by atoms with Crippen LogP contribution in [0.2, 0.25) is 0 Å². The van der Waals surface area contributed by atoms with E-state index in [0.29, 0.717) is 0 Å². The highest BCUT2D eigenvalue weighted by Crippen LogP contribution is 2.39. The molecule has 0 saturated heterocycles. The number of hydrogen-bond acceptors (Lipinski definition) is 5. The lowest BCUT2D eigenvalue weighted by atomic mass is 10.0. The van der Waals surface area contributed by atoms with Gasteiger partial charge in [0.15, 0.2) is 5.84 Å². The summed E-state index contributed by atoms with van der Waals surface area (Å²) < 4.78 is 0. The van der Waals surface area contributed by atoms with Crippen LogP contribution in [0.4, 0.5) is 0 Å². The number of amidine groups is 1. The first-order chi connectivity index (χ1) is 16.6. The third-order valence-electron chi connectivity index (χ3n) is 6.75. The molecule has 1 aromatic rings. The smallest absolute Gasteiger partial charge is 0.156 e. The number of unbranched alkanes of at least 4 members (excludes halogenated alkanes) is 1. The van der Waals surface area contributed by atoms with Gasteiger partial charge < -0.3 is 5.41 Å². The second-order valence-electron chi connectivity index (χ2n) is 9.22. The Morgan fingerprint density at radius 2 is 1.85 bits per heavy atom. The highest BCUT2D eigenvalue weighted by molar-refractivity contribution is 6.32. The van der Waals surface area contributed by atoms with Crippen LogP contribution in [0.1, 0.15) is 69.6 Å². The number of fused-ring (bicyclic) bond motifs is 1. The standard InChI is InChI=1S/C25H27N5.C4H10/c1-3-29-10-8-18(9-11-29)23-16-30-24(19-6-7-19)13-22(28-25(30)15-27-23)20-5-4-17(2)21(12-20)14-26;1-3-4-2/h4-5,8,12-16,26H,3,6-7,9-11H2,1-2H3;3-4H2,1-2H3. The van der Waals surface area contributed by atoms with Gasteiger partial charge >= 0.3 is 0 Å². The maximum atomic E-state index is 7.67. The van der Waals surface area contributed by atoms with E-state index >= 15 is 0 Å². The van der Waals surface area contributed by atoms with Gasteiger partial charge in [-0.2, -0.15) is 0 Å². The molecule has 1 aliphatic carbocycles. The molecule has 3 heterocycles. The maximum absolute atomic E-state index is 7.67. The molecule has 0 amide bonds. The Labute approximate surface area is 204 Å². The molecule has 5 nitrogen and oxygen atoms in total. The van der Waals surface area contributed by atoms with Crippen molar-refractivity contribution in [3.05, 3.63) is 75.8 Å². The number of nitrogens with one attached hydrogen (secondary N) is 1. The maximum Gasteiger partial charge on any atom is 0.156 e. The van der Waals surface area contributed by atoms with Gasteiger partial charge in [-0.05, 0) is 67.1 Å². The number of nitrogens with zero attached hydrogens (tertiary/aromatic N) is 4. The normalized spacial score (nSPS) is 19.4. The average molecular weight is 456 g/mol. The van der Waals surface area contributed by atoms with Gasteiger partial charge in [-0.25, -0.2) is 4.99 Å². The Balaban J connectivity index is 0.000000636. The first-order valence-electron chi connectivity index (χ1n) is 12.7. The number of rotatable bonds is 5. The van der Waals surface area contributed by atoms with Gasteiger partial charge in [0.2, 0.25) is 0 Å². The molecule has 4 aliphatic rings. The first-order valence-corrected chi connectivity index (χ1v) is 12.7. The quantitative estimate of drug-likeness (QED) is 0.517. The number of aryl methyl sites for hydroxylation is 1. The Bertz CT molecular complexity index is 1120. The predicted molar refractivity (Wildman–Crippen MR) is 145 cm³/mol. The van der Waals surface area contributed by atoms with E-state index in [1.807, 2.05) is 13.1 Å². The summed E-state index contributed by atoms with van der Waals surface area (Å²) in [5, 5.41) is 7.67. The molecule has 0 radical (unpaired) electrons. The van der Waals surface area contributed by atoms with E-state index in [2.05, 4.69) is 67.1 Å². The van der Waals surface area contributed by atoms with Crippen molar-refractivity contribution >= 4 is 24.0 Å². The molecular weight excluding hydrogens is 418 g/mol. The summed E-state index contributed by atoms with van der Waals surface area (Å²) in [6, 6.07) is 6.21. The summed E-state index contributed by atoms with van der Waals surface area (Å²) in [6.07, 6.45) is 16.0. The second kappa shape index (κ2) is 10.9. The molecule has 5 heteroatoms. The molecule has 1 N–H and O–H groups in total. The van der Waals surface area contributed by atoms with Gasteiger partial charge in [-0.15, -0.1) is 0 Å². The summed E-state index contributed by atoms with van der Waals surface area (Å²) in [7, 11) is 0. The molecule has 1 saturated carbocycles. The van der Waals surface area contributed by atoms with Crippen LogP contribution in [0.25, 0.3) is 5.70 Å². The van der Waals surface area contributed by atoms with Crippen LogP contribution in [0.3, 0.4) is 0 Å². The predicted octanol–water partition coefficient (Wildman–Crippen LogP) is 6.48. The zero-order valence-electron chi connectivity index (χ0n) is 21.1. The molecule has 178 valence electrons. The number of hydrogen-bond donors (Lipinski definition) is 1. The Morgan fingerprint density at radius 3 is 2.47 bits per heavy atom. The first kappa shape index (κ1) is 24.1. The largest absolute Gasteiger partial charge is 0.308 e. The van der Waals surface area contributed by atoms with E-state index in [1.165, 1.54) is 35.9 Å². The van der Waals surface area contributed by atoms with E-state index < -0.39 is 0 Å². The van der Waals surface area contributed by atoms with E-state index in [-0.39, 0.29) is 0 Å². The van der Waals surface area contributed by atoms with Gasteiger partial charge in [0.1, 0.15) is 0 Å². The third-order valence-corrected chi connectivity index (χ3v) is 6.75. The topological polar surface area (TPSA) is 55.0 Å². The van der Waals surface area contributed by atoms with Gasteiger partial charge in [0, 0.05) is 36.8 Å². The molecule has 0 unspecified atom stereocenters. The van der Waals surface area contributed by atoms with Gasteiger partial charge in [0.25, 0.3) is 0 Å². The van der Waals surface area contributed by atoms with Crippen molar-refractivity contribution in [3.63, 3.8) is 0 Å². The van der Waals surface area contributed by atoms with Gasteiger partial charge in [0.05, 0.1) is 17.6 Å². The highest BCUT2D eigenvalue weighted by atomic mass is 15.2. The minimum Gasteiger partial charge on any atom is -0.308 e. The lowest BCUT2D eigenvalue weighted by molar-refractivity contribution is 0.311. The van der Waals surface area contributed by atoms with Crippen molar-refractivity contribution in [2.75, 3.05) is 19.6 Å². The van der Waals surface area contributed by atoms with E-state index in [9.17, 15) is 0 Å². The molecule has 1 fully saturated rings. The lowest BCUT2D eigenvalue weighted by Crippen LogP contribution is -2.32. The van der Waals surface area contributed by atoms with Crippen molar-refractivity contribution in [2.24, 2.45) is 9.98 Å². The van der Waals surface area contributed by atoms with Crippen LogP contribution in [0.5, 0.6) is 0 Å². The molecule has 1 aromatic carbocycles. The van der Waals surface area contributed by atoms with Crippen molar-refractivity contribution in [1.29, 1.82) is 5.41 Å². The van der Waals surface area contributed by atoms with Crippen LogP contribution >= 0.6 is 0 Å². The fraction of sp³-hybridized carbons (Fsp3) is 0.414. The summed E-state index contributed by atoms with van der Waals surface area (Å²) in [5.41, 5.74) is 9.12. The van der Waals surface area contributed by atoms with Gasteiger partial charge in [-0.3, -0.25) is 14.8 Å². The lowest BCUT2D eigenvalue weighted by Gasteiger charge is -2.31. The minimum absolute atomic E-state index is 0.870. The third kappa shape index (κ3) is 5.36. The van der Waals surface area contributed by atoms with Crippen LogP contribution in [0.15, 0.2) is 69.1 Å². The van der Waals surface area contributed by atoms with Crippen LogP contribution in [-0.2, 0) is 0 Å². The zero-order valence-corrected chi connectivity index (χ0v) is 21.1. The summed E-state index contributed by atoms with van der Waals surface area (Å²) in [6.45, 7) is 11.8. The number of likely N-dealkylation sites (N-methyl/N-ethyl adjacent to an activating group) is 1. The number of allylic oxidation sites excluding steroid dienone is 3. The van der Waals surface area contributed by atoms with Crippen molar-refractivity contribution in [2.45, 2.75) is 59.8 Å². The summed E-state index contributed by atoms with van der Waals surface area (Å²) in [4.78, 5) is 14.3. The van der Waals surface area contributed by atoms with E-state index in [0.717, 1.165) is 72.8 Å². The summed E-state index contributed by atoms with van der Waals surface area (Å²) >= 11 is 0. The molecule has 3 aliphatic heterocycles.